The van der Waals surface area contributed by atoms with Crippen LogP contribution in [0.1, 0.15) is 24.5 Å². The van der Waals surface area contributed by atoms with Crippen LogP contribution in [-0.4, -0.2) is 46.3 Å². The Morgan fingerprint density at radius 2 is 1.95 bits per heavy atom. The van der Waals surface area contributed by atoms with Gasteiger partial charge in [-0.05, 0) is 30.5 Å². The van der Waals surface area contributed by atoms with E-state index in [1.165, 1.54) is 6.07 Å². The zero-order valence-corrected chi connectivity index (χ0v) is 11.4. The van der Waals surface area contributed by atoms with Crippen LogP contribution in [0.5, 0.6) is 0 Å². The molecule has 5 nitrogen and oxygen atoms in total. The van der Waals surface area contributed by atoms with Gasteiger partial charge in [-0.3, -0.25) is 4.79 Å². The Hall–Kier alpha value is -1.57. The quantitative estimate of drug-likeness (QED) is 0.747. The summed E-state index contributed by atoms with van der Waals surface area (Å²) in [5.74, 6) is -2.72. The number of hydrogen-bond acceptors (Lipinski definition) is 4. The van der Waals surface area contributed by atoms with Crippen LogP contribution in [0, 0.1) is 11.6 Å². The van der Waals surface area contributed by atoms with Crippen LogP contribution in [0.3, 0.4) is 0 Å². The number of rotatable bonds is 4. The topological polar surface area (TPSA) is 86.8 Å². The molecule has 21 heavy (non-hydrogen) atoms. The molecule has 1 fully saturated rings. The van der Waals surface area contributed by atoms with Gasteiger partial charge in [-0.15, -0.1) is 0 Å². The van der Waals surface area contributed by atoms with E-state index in [0.717, 1.165) is 12.1 Å². The normalized spacial score (nSPS) is 20.2. The SMILES string of the molecule is NC(=O)C1(O)CCN(CC(O)c2ccc(F)c(F)c2)CC1. The van der Waals surface area contributed by atoms with Gasteiger partial charge in [-0.1, -0.05) is 6.07 Å². The van der Waals surface area contributed by atoms with Gasteiger partial charge in [0.05, 0.1) is 6.10 Å². The zero-order valence-electron chi connectivity index (χ0n) is 11.4. The Labute approximate surface area is 121 Å². The molecule has 1 aromatic rings. The first-order valence-corrected chi connectivity index (χ1v) is 6.69. The summed E-state index contributed by atoms with van der Waals surface area (Å²) in [6.45, 7) is 0.986. The van der Waals surface area contributed by atoms with Crippen molar-refractivity contribution in [2.45, 2.75) is 24.5 Å². The molecule has 1 aliphatic heterocycles. The Morgan fingerprint density at radius 3 is 2.48 bits per heavy atom. The molecule has 0 aromatic heterocycles. The number of β-amino-alcohol motifs (C(OH)–C–C–N with tert-alkyl or cyclic N) is 1. The third-order valence-electron chi connectivity index (χ3n) is 3.90. The lowest BCUT2D eigenvalue weighted by molar-refractivity contribution is -0.141. The highest BCUT2D eigenvalue weighted by molar-refractivity contribution is 5.83. The number of nitrogens with zero attached hydrogens (tertiary/aromatic N) is 1. The molecule has 0 aliphatic carbocycles. The molecule has 1 atom stereocenters. The summed E-state index contributed by atoms with van der Waals surface area (Å²) in [5.41, 5.74) is 3.92. The first-order valence-electron chi connectivity index (χ1n) is 6.69. The summed E-state index contributed by atoms with van der Waals surface area (Å²) >= 11 is 0. The van der Waals surface area contributed by atoms with Gasteiger partial charge in [-0.25, -0.2) is 8.78 Å². The molecule has 1 aromatic carbocycles. The molecule has 0 spiro atoms. The highest BCUT2D eigenvalue weighted by Gasteiger charge is 2.37. The molecule has 0 saturated carbocycles. The van der Waals surface area contributed by atoms with Crippen LogP contribution >= 0.6 is 0 Å². The van der Waals surface area contributed by atoms with Crippen molar-refractivity contribution < 1.29 is 23.8 Å². The molecule has 0 bridgehead atoms. The average Bonchev–Trinajstić information content (AvgIpc) is 2.44. The van der Waals surface area contributed by atoms with Crippen molar-refractivity contribution in [3.8, 4) is 0 Å². The van der Waals surface area contributed by atoms with Gasteiger partial charge in [0.25, 0.3) is 0 Å². The second-order valence-corrected chi connectivity index (χ2v) is 5.39. The van der Waals surface area contributed by atoms with Crippen LogP contribution in [0.4, 0.5) is 8.78 Å². The lowest BCUT2D eigenvalue weighted by Gasteiger charge is -2.36. The fraction of sp³-hybridized carbons (Fsp3) is 0.500. The number of likely N-dealkylation sites (tertiary alicyclic amines) is 1. The van der Waals surface area contributed by atoms with Gasteiger partial charge in [0, 0.05) is 19.6 Å². The number of benzene rings is 1. The minimum Gasteiger partial charge on any atom is -0.387 e. The fourth-order valence-corrected chi connectivity index (χ4v) is 2.42. The first-order chi connectivity index (χ1) is 9.82. The van der Waals surface area contributed by atoms with Gasteiger partial charge in [0.15, 0.2) is 11.6 Å². The summed E-state index contributed by atoms with van der Waals surface area (Å²) < 4.78 is 26.0. The number of amides is 1. The van der Waals surface area contributed by atoms with E-state index in [9.17, 15) is 23.8 Å². The Morgan fingerprint density at radius 1 is 1.33 bits per heavy atom. The van der Waals surface area contributed by atoms with Crippen LogP contribution in [-0.2, 0) is 4.79 Å². The molecule has 1 amide bonds. The zero-order chi connectivity index (χ0) is 15.6. The van der Waals surface area contributed by atoms with Crippen molar-refractivity contribution in [2.24, 2.45) is 5.73 Å². The van der Waals surface area contributed by atoms with Crippen molar-refractivity contribution in [3.63, 3.8) is 0 Å². The largest absolute Gasteiger partial charge is 0.387 e. The second-order valence-electron chi connectivity index (χ2n) is 5.39. The molecule has 0 radical (unpaired) electrons. The molecule has 1 saturated heterocycles. The molecule has 116 valence electrons. The van der Waals surface area contributed by atoms with Crippen LogP contribution < -0.4 is 5.73 Å². The average molecular weight is 300 g/mol. The van der Waals surface area contributed by atoms with Crippen molar-refractivity contribution >= 4 is 5.91 Å². The maximum atomic E-state index is 13.1. The number of carbonyl (C=O) groups excluding carboxylic acids is 1. The number of nitrogens with two attached hydrogens (primary N) is 1. The van der Waals surface area contributed by atoms with Crippen molar-refractivity contribution in [1.82, 2.24) is 4.90 Å². The minimum atomic E-state index is -1.50. The predicted molar refractivity (Wildman–Crippen MR) is 71.1 cm³/mol. The molecule has 1 heterocycles. The van der Waals surface area contributed by atoms with Gasteiger partial charge in [-0.2, -0.15) is 0 Å². The van der Waals surface area contributed by atoms with E-state index in [0.29, 0.717) is 13.1 Å². The highest BCUT2D eigenvalue weighted by Crippen LogP contribution is 2.24. The van der Waals surface area contributed by atoms with E-state index in [4.69, 9.17) is 5.73 Å². The number of piperidine rings is 1. The third-order valence-corrected chi connectivity index (χ3v) is 3.90. The standard InChI is InChI=1S/C14H18F2N2O3/c15-10-2-1-9(7-11(10)16)12(19)8-18-5-3-14(21,4-6-18)13(17)20/h1-2,7,12,19,21H,3-6,8H2,(H2,17,20). The van der Waals surface area contributed by atoms with Crippen molar-refractivity contribution in [1.29, 1.82) is 0 Å². The Bertz CT molecular complexity index is 531. The lowest BCUT2D eigenvalue weighted by atomic mass is 9.90. The van der Waals surface area contributed by atoms with Crippen LogP contribution in [0.15, 0.2) is 18.2 Å². The molecule has 7 heteroatoms. The van der Waals surface area contributed by atoms with Gasteiger partial charge in [0.1, 0.15) is 5.60 Å². The number of hydrogen-bond donors (Lipinski definition) is 3. The summed E-state index contributed by atoms with van der Waals surface area (Å²) in [4.78, 5) is 13.0. The molecular formula is C14H18F2N2O3. The van der Waals surface area contributed by atoms with E-state index >= 15 is 0 Å². The number of aliphatic hydroxyl groups is 2. The van der Waals surface area contributed by atoms with E-state index in [2.05, 4.69) is 0 Å². The molecule has 4 N–H and O–H groups in total. The summed E-state index contributed by atoms with van der Waals surface area (Å²) in [5, 5.41) is 20.0. The third kappa shape index (κ3) is 3.55. The molecular weight excluding hydrogens is 282 g/mol. The first kappa shape index (κ1) is 15.8. The molecule has 2 rings (SSSR count). The highest BCUT2D eigenvalue weighted by atomic mass is 19.2. The number of halogens is 2. The Kier molecular flexibility index (Phi) is 4.55. The second kappa shape index (κ2) is 6.05. The Balaban J connectivity index is 1.94. The predicted octanol–water partition coefficient (Wildman–Crippen LogP) is 0.310. The van der Waals surface area contributed by atoms with Crippen LogP contribution in [0.2, 0.25) is 0 Å². The number of aliphatic hydroxyl groups excluding tert-OH is 1. The van der Waals surface area contributed by atoms with Crippen LogP contribution in [0.25, 0.3) is 0 Å². The summed E-state index contributed by atoms with van der Waals surface area (Å²) in [6, 6.07) is 3.26. The summed E-state index contributed by atoms with van der Waals surface area (Å²) in [7, 11) is 0. The van der Waals surface area contributed by atoms with E-state index in [1.807, 2.05) is 4.90 Å². The van der Waals surface area contributed by atoms with E-state index in [-0.39, 0.29) is 24.9 Å². The minimum absolute atomic E-state index is 0.187. The maximum Gasteiger partial charge on any atom is 0.249 e. The number of primary amides is 1. The fourth-order valence-electron chi connectivity index (χ4n) is 2.42. The van der Waals surface area contributed by atoms with E-state index < -0.39 is 29.2 Å². The molecule has 1 unspecified atom stereocenters. The lowest BCUT2D eigenvalue weighted by Crippen LogP contribution is -2.52. The smallest absolute Gasteiger partial charge is 0.249 e. The van der Waals surface area contributed by atoms with Crippen molar-refractivity contribution in [2.75, 3.05) is 19.6 Å². The van der Waals surface area contributed by atoms with Crippen molar-refractivity contribution in [3.05, 3.63) is 35.4 Å². The molecule has 1 aliphatic rings. The summed E-state index contributed by atoms with van der Waals surface area (Å²) in [6.07, 6.45) is -0.598. The monoisotopic (exact) mass is 300 g/mol. The van der Waals surface area contributed by atoms with Gasteiger partial charge in [0.2, 0.25) is 5.91 Å². The van der Waals surface area contributed by atoms with Gasteiger partial charge >= 0.3 is 0 Å². The number of carbonyl (C=O) groups is 1. The maximum absolute atomic E-state index is 13.1. The van der Waals surface area contributed by atoms with E-state index in [1.54, 1.807) is 0 Å². The van der Waals surface area contributed by atoms with Gasteiger partial charge < -0.3 is 20.8 Å².